The van der Waals surface area contributed by atoms with E-state index < -0.39 is 10.0 Å². The number of hydrogen-bond acceptors (Lipinski definition) is 3. The Morgan fingerprint density at radius 2 is 2.00 bits per heavy atom. The predicted molar refractivity (Wildman–Crippen MR) is 90.2 cm³/mol. The molecule has 0 unspecified atom stereocenters. The van der Waals surface area contributed by atoms with E-state index in [1.54, 1.807) is 30.3 Å². The first-order valence-corrected chi connectivity index (χ1v) is 8.90. The summed E-state index contributed by atoms with van der Waals surface area (Å²) < 4.78 is 27.6. The van der Waals surface area contributed by atoms with Crippen LogP contribution >= 0.6 is 11.6 Å². The van der Waals surface area contributed by atoms with Crippen LogP contribution in [0.5, 0.6) is 0 Å². The van der Waals surface area contributed by atoms with Crippen LogP contribution in [0.2, 0.25) is 5.02 Å². The molecule has 116 valence electrons. The zero-order valence-corrected chi connectivity index (χ0v) is 13.9. The lowest BCUT2D eigenvalue weighted by Gasteiger charge is -2.10. The minimum Gasteiger partial charge on any atom is -0.382 e. The maximum Gasteiger partial charge on any atom is 0.261 e. The highest BCUT2D eigenvalue weighted by Gasteiger charge is 2.21. The van der Waals surface area contributed by atoms with E-state index in [0.29, 0.717) is 16.8 Å². The van der Waals surface area contributed by atoms with Gasteiger partial charge in [-0.3, -0.25) is 4.72 Å². The minimum absolute atomic E-state index is 0.263. The molecule has 0 aliphatic carbocycles. The van der Waals surface area contributed by atoms with Crippen LogP contribution in [0, 0.1) is 6.92 Å². The molecule has 1 aliphatic heterocycles. The largest absolute Gasteiger partial charge is 0.382 e. The maximum atomic E-state index is 12.5. The zero-order chi connectivity index (χ0) is 15.9. The third-order valence-electron chi connectivity index (χ3n) is 3.74. The van der Waals surface area contributed by atoms with Gasteiger partial charge in [0.1, 0.15) is 0 Å². The van der Waals surface area contributed by atoms with Crippen molar-refractivity contribution in [2.24, 2.45) is 0 Å². The Labute approximate surface area is 135 Å². The van der Waals surface area contributed by atoms with E-state index >= 15 is 0 Å². The third kappa shape index (κ3) is 2.91. The predicted octanol–water partition coefficient (Wildman–Crippen LogP) is 3.81. The second-order valence-corrected chi connectivity index (χ2v) is 7.73. The van der Waals surface area contributed by atoms with Gasteiger partial charge in [0.2, 0.25) is 0 Å². The summed E-state index contributed by atoms with van der Waals surface area (Å²) in [5.74, 6) is 0. The molecule has 2 aromatic carbocycles. The highest BCUT2D eigenvalue weighted by molar-refractivity contribution is 7.92. The second kappa shape index (κ2) is 5.48. The SMILES string of the molecule is Cc1ccc(NS(=O)(=O)c2ccc3c(c2)C[C@H](C)N3)cc1Cl. The highest BCUT2D eigenvalue weighted by Crippen LogP contribution is 2.29. The van der Waals surface area contributed by atoms with Gasteiger partial charge in [-0.1, -0.05) is 17.7 Å². The molecule has 1 aliphatic rings. The average Bonchev–Trinajstić information content (AvgIpc) is 2.81. The lowest BCUT2D eigenvalue weighted by molar-refractivity contribution is 0.601. The Morgan fingerprint density at radius 1 is 1.23 bits per heavy atom. The van der Waals surface area contributed by atoms with Crippen molar-refractivity contribution in [2.45, 2.75) is 31.2 Å². The number of sulfonamides is 1. The first-order chi connectivity index (χ1) is 10.3. The fourth-order valence-electron chi connectivity index (χ4n) is 2.56. The Balaban J connectivity index is 1.90. The molecule has 0 bridgehead atoms. The van der Waals surface area contributed by atoms with E-state index in [1.807, 2.05) is 13.0 Å². The summed E-state index contributed by atoms with van der Waals surface area (Å²) >= 11 is 6.04. The number of halogens is 1. The van der Waals surface area contributed by atoms with Crippen LogP contribution in [0.3, 0.4) is 0 Å². The molecule has 2 aromatic rings. The monoisotopic (exact) mass is 336 g/mol. The first kappa shape index (κ1) is 15.2. The van der Waals surface area contributed by atoms with Gasteiger partial charge in [0.05, 0.1) is 10.6 Å². The summed E-state index contributed by atoms with van der Waals surface area (Å²) in [7, 11) is -3.62. The van der Waals surface area contributed by atoms with Crippen molar-refractivity contribution < 1.29 is 8.42 Å². The van der Waals surface area contributed by atoms with Crippen LogP contribution in [0.15, 0.2) is 41.3 Å². The lowest BCUT2D eigenvalue weighted by Crippen LogP contribution is -2.13. The molecule has 0 saturated carbocycles. The summed E-state index contributed by atoms with van der Waals surface area (Å²) in [5.41, 5.74) is 3.40. The van der Waals surface area contributed by atoms with Crippen molar-refractivity contribution in [2.75, 3.05) is 10.0 Å². The van der Waals surface area contributed by atoms with E-state index in [0.717, 1.165) is 23.2 Å². The van der Waals surface area contributed by atoms with Gasteiger partial charge in [0.15, 0.2) is 0 Å². The Hall–Kier alpha value is -1.72. The van der Waals surface area contributed by atoms with Crippen LogP contribution in [-0.4, -0.2) is 14.5 Å². The number of hydrogen-bond donors (Lipinski definition) is 2. The topological polar surface area (TPSA) is 58.2 Å². The quantitative estimate of drug-likeness (QED) is 0.896. The molecule has 1 atom stereocenters. The fourth-order valence-corrected chi connectivity index (χ4v) is 3.84. The lowest BCUT2D eigenvalue weighted by atomic mass is 10.1. The van der Waals surface area contributed by atoms with Crippen LogP contribution in [0.25, 0.3) is 0 Å². The van der Waals surface area contributed by atoms with Gasteiger partial charge in [-0.2, -0.15) is 0 Å². The summed E-state index contributed by atoms with van der Waals surface area (Å²) in [5, 5.41) is 3.84. The normalized spacial score (nSPS) is 17.0. The van der Waals surface area contributed by atoms with Crippen LogP contribution in [0.1, 0.15) is 18.1 Å². The Bertz CT molecular complexity index is 834. The Kier molecular flexibility index (Phi) is 3.78. The van der Waals surface area contributed by atoms with Crippen molar-refractivity contribution >= 4 is 33.0 Å². The number of anilines is 2. The molecule has 0 aromatic heterocycles. The van der Waals surface area contributed by atoms with Crippen molar-refractivity contribution in [1.29, 1.82) is 0 Å². The van der Waals surface area contributed by atoms with Crippen LogP contribution < -0.4 is 10.0 Å². The third-order valence-corrected chi connectivity index (χ3v) is 5.53. The molecular weight excluding hydrogens is 320 g/mol. The van der Waals surface area contributed by atoms with Gasteiger partial charge in [0.25, 0.3) is 10.0 Å². The van der Waals surface area contributed by atoms with Gasteiger partial charge in [-0.15, -0.1) is 0 Å². The summed E-state index contributed by atoms with van der Waals surface area (Å²) in [4.78, 5) is 0.263. The maximum absolute atomic E-state index is 12.5. The first-order valence-electron chi connectivity index (χ1n) is 7.03. The Morgan fingerprint density at radius 3 is 2.73 bits per heavy atom. The zero-order valence-electron chi connectivity index (χ0n) is 12.4. The van der Waals surface area contributed by atoms with Crippen molar-refractivity contribution in [1.82, 2.24) is 0 Å². The molecule has 2 N–H and O–H groups in total. The molecule has 0 fully saturated rings. The van der Waals surface area contributed by atoms with Gasteiger partial charge in [-0.25, -0.2) is 8.42 Å². The molecule has 0 spiro atoms. The smallest absolute Gasteiger partial charge is 0.261 e. The van der Waals surface area contributed by atoms with Gasteiger partial charge in [0, 0.05) is 16.8 Å². The molecular formula is C16H17ClN2O2S. The molecule has 1 heterocycles. The van der Waals surface area contributed by atoms with Crippen molar-refractivity contribution in [3.8, 4) is 0 Å². The summed E-state index contributed by atoms with van der Waals surface area (Å²) in [6.07, 6.45) is 0.828. The number of fused-ring (bicyclic) bond motifs is 1. The molecule has 0 saturated heterocycles. The van der Waals surface area contributed by atoms with Gasteiger partial charge < -0.3 is 5.32 Å². The molecule has 3 rings (SSSR count). The summed E-state index contributed by atoms with van der Waals surface area (Å²) in [6.45, 7) is 3.94. The molecule has 4 nitrogen and oxygen atoms in total. The molecule has 22 heavy (non-hydrogen) atoms. The standard InChI is InChI=1S/C16H17ClN2O2S/c1-10-3-4-13(9-15(10)17)19-22(20,21)14-5-6-16-12(8-14)7-11(2)18-16/h3-6,8-9,11,18-19H,7H2,1-2H3/t11-/m0/s1. The number of rotatable bonds is 3. The number of nitrogens with one attached hydrogen (secondary N) is 2. The van der Waals surface area contributed by atoms with E-state index in [2.05, 4.69) is 17.0 Å². The van der Waals surface area contributed by atoms with Gasteiger partial charge >= 0.3 is 0 Å². The number of benzene rings is 2. The fraction of sp³-hybridized carbons (Fsp3) is 0.250. The van der Waals surface area contributed by atoms with Crippen molar-refractivity contribution in [3.05, 3.63) is 52.5 Å². The highest BCUT2D eigenvalue weighted by atomic mass is 35.5. The molecule has 6 heteroatoms. The second-order valence-electron chi connectivity index (χ2n) is 5.64. The number of aryl methyl sites for hydroxylation is 1. The van der Waals surface area contributed by atoms with Crippen LogP contribution in [-0.2, 0) is 16.4 Å². The molecule has 0 radical (unpaired) electrons. The minimum atomic E-state index is -3.62. The summed E-state index contributed by atoms with van der Waals surface area (Å²) in [6, 6.07) is 10.6. The van der Waals surface area contributed by atoms with Crippen LogP contribution in [0.4, 0.5) is 11.4 Å². The average molecular weight is 337 g/mol. The van der Waals surface area contributed by atoms with E-state index in [1.165, 1.54) is 0 Å². The van der Waals surface area contributed by atoms with E-state index in [4.69, 9.17) is 11.6 Å². The van der Waals surface area contributed by atoms with Crippen molar-refractivity contribution in [3.63, 3.8) is 0 Å². The van der Waals surface area contributed by atoms with E-state index in [-0.39, 0.29) is 4.90 Å². The molecule has 0 amide bonds. The van der Waals surface area contributed by atoms with Gasteiger partial charge in [-0.05, 0) is 61.7 Å². The van der Waals surface area contributed by atoms with E-state index in [9.17, 15) is 8.42 Å².